The van der Waals surface area contributed by atoms with Gasteiger partial charge in [-0.15, -0.1) is 21.5 Å². The van der Waals surface area contributed by atoms with Crippen molar-refractivity contribution in [3.05, 3.63) is 65.0 Å². The van der Waals surface area contributed by atoms with Crippen LogP contribution >= 0.6 is 23.1 Å². The van der Waals surface area contributed by atoms with E-state index >= 15 is 0 Å². The number of ether oxygens (including phenoxy) is 3. The molecule has 1 aliphatic rings. The van der Waals surface area contributed by atoms with Crippen molar-refractivity contribution in [2.45, 2.75) is 18.6 Å². The van der Waals surface area contributed by atoms with Crippen molar-refractivity contribution in [3.63, 3.8) is 0 Å². The molecule has 174 valence electrons. The zero-order chi connectivity index (χ0) is 23.5. The van der Waals surface area contributed by atoms with Gasteiger partial charge in [0, 0.05) is 6.54 Å². The monoisotopic (exact) mass is 494 g/mol. The Balaban J connectivity index is 1.34. The maximum atomic E-state index is 12.6. The molecule has 8 nitrogen and oxygen atoms in total. The summed E-state index contributed by atoms with van der Waals surface area (Å²) in [5.41, 5.74) is 2.86. The predicted octanol–water partition coefficient (Wildman–Crippen LogP) is 4.45. The third-order valence-corrected chi connectivity index (χ3v) is 7.00. The van der Waals surface area contributed by atoms with E-state index in [4.69, 9.17) is 14.2 Å². The van der Waals surface area contributed by atoms with Crippen molar-refractivity contribution in [1.29, 1.82) is 0 Å². The van der Waals surface area contributed by atoms with Crippen LogP contribution in [-0.4, -0.2) is 40.3 Å². The highest BCUT2D eigenvalue weighted by Gasteiger charge is 2.21. The minimum absolute atomic E-state index is 0.105. The number of rotatable bonds is 8. The fraction of sp³-hybridized carbons (Fsp3) is 0.208. The van der Waals surface area contributed by atoms with Crippen molar-refractivity contribution in [2.75, 3.05) is 19.7 Å². The number of aromatic nitrogens is 3. The second-order valence-electron chi connectivity index (χ2n) is 7.55. The molecule has 2 aromatic carbocycles. The molecule has 4 aromatic rings. The highest BCUT2D eigenvalue weighted by atomic mass is 32.2. The van der Waals surface area contributed by atoms with Gasteiger partial charge in [-0.1, -0.05) is 30.0 Å². The van der Waals surface area contributed by atoms with Gasteiger partial charge < -0.3 is 19.5 Å². The van der Waals surface area contributed by atoms with Crippen LogP contribution in [0.3, 0.4) is 0 Å². The molecule has 1 aliphatic heterocycles. The highest BCUT2D eigenvalue weighted by Crippen LogP contribution is 2.35. The van der Waals surface area contributed by atoms with Gasteiger partial charge in [0.15, 0.2) is 22.5 Å². The summed E-state index contributed by atoms with van der Waals surface area (Å²) >= 11 is 2.91. The third-order valence-electron chi connectivity index (χ3n) is 5.21. The molecule has 0 bridgehead atoms. The van der Waals surface area contributed by atoms with Gasteiger partial charge in [0.25, 0.3) is 0 Å². The van der Waals surface area contributed by atoms with Crippen LogP contribution in [0.1, 0.15) is 11.1 Å². The largest absolute Gasteiger partial charge is 0.495 e. The van der Waals surface area contributed by atoms with Crippen molar-refractivity contribution in [3.8, 4) is 33.6 Å². The number of thioether (sulfide) groups is 1. The molecule has 2 aromatic heterocycles. The quantitative estimate of drug-likeness (QED) is 0.362. The van der Waals surface area contributed by atoms with Crippen molar-refractivity contribution >= 4 is 29.0 Å². The second-order valence-corrected chi connectivity index (χ2v) is 9.44. The summed E-state index contributed by atoms with van der Waals surface area (Å²) in [6.07, 6.45) is 0. The molecular formula is C24H22N4O4S2. The summed E-state index contributed by atoms with van der Waals surface area (Å²) in [6, 6.07) is 15.6. The number of hydrogen-bond acceptors (Lipinski definition) is 8. The van der Waals surface area contributed by atoms with Crippen LogP contribution in [0.15, 0.2) is 59.1 Å². The van der Waals surface area contributed by atoms with E-state index in [1.165, 1.54) is 11.8 Å². The first-order chi connectivity index (χ1) is 16.6. The standard InChI is InChI=1S/C24H22N4O4S2/c1-15-5-7-18(30-2)17(10-15)28-23(21-4-3-9-33-21)26-27-24(28)34-13-22(29)25-12-16-6-8-19-20(11-16)32-14-31-19/h3-11H,12-14H2,1-2H3,(H,25,29). The van der Waals surface area contributed by atoms with Crippen LogP contribution in [0.4, 0.5) is 0 Å². The number of benzene rings is 2. The lowest BCUT2D eigenvalue weighted by molar-refractivity contribution is -0.118. The highest BCUT2D eigenvalue weighted by molar-refractivity contribution is 7.99. The van der Waals surface area contributed by atoms with Gasteiger partial charge in [-0.25, -0.2) is 0 Å². The summed E-state index contributed by atoms with van der Waals surface area (Å²) in [7, 11) is 1.64. The molecule has 0 fully saturated rings. The summed E-state index contributed by atoms with van der Waals surface area (Å²) < 4.78 is 18.3. The number of hydrogen-bond donors (Lipinski definition) is 1. The van der Waals surface area contributed by atoms with E-state index in [0.29, 0.717) is 29.0 Å². The fourth-order valence-corrected chi connectivity index (χ4v) is 5.03. The van der Waals surface area contributed by atoms with Crippen molar-refractivity contribution < 1.29 is 19.0 Å². The summed E-state index contributed by atoms with van der Waals surface area (Å²) in [5.74, 6) is 2.92. The zero-order valence-corrected chi connectivity index (χ0v) is 20.2. The maximum absolute atomic E-state index is 12.6. The van der Waals surface area contributed by atoms with Gasteiger partial charge in [0.05, 0.1) is 23.4 Å². The maximum Gasteiger partial charge on any atom is 0.231 e. The van der Waals surface area contributed by atoms with E-state index in [1.807, 2.05) is 65.4 Å². The summed E-state index contributed by atoms with van der Waals surface area (Å²) in [4.78, 5) is 13.6. The molecule has 0 spiro atoms. The van der Waals surface area contributed by atoms with Crippen LogP contribution in [0.5, 0.6) is 17.2 Å². The molecule has 0 aliphatic carbocycles. The van der Waals surface area contributed by atoms with Crippen LogP contribution in [0.25, 0.3) is 16.4 Å². The number of thiophene rings is 1. The lowest BCUT2D eigenvalue weighted by Crippen LogP contribution is -2.24. The molecule has 34 heavy (non-hydrogen) atoms. The number of methoxy groups -OCH3 is 1. The average Bonchev–Trinajstić information content (AvgIpc) is 3.61. The van der Waals surface area contributed by atoms with Crippen LogP contribution in [0.2, 0.25) is 0 Å². The van der Waals surface area contributed by atoms with E-state index < -0.39 is 0 Å². The number of amides is 1. The van der Waals surface area contributed by atoms with Crippen molar-refractivity contribution in [2.24, 2.45) is 0 Å². The smallest absolute Gasteiger partial charge is 0.231 e. The molecule has 0 saturated heterocycles. The normalized spacial score (nSPS) is 12.1. The Labute approximate surface area is 204 Å². The van der Waals surface area contributed by atoms with Gasteiger partial charge in [-0.2, -0.15) is 0 Å². The molecule has 0 unspecified atom stereocenters. The summed E-state index contributed by atoms with van der Waals surface area (Å²) in [5, 5.41) is 14.4. The molecule has 0 atom stereocenters. The Kier molecular flexibility index (Phi) is 6.41. The van der Waals surface area contributed by atoms with E-state index in [0.717, 1.165) is 27.4 Å². The average molecular weight is 495 g/mol. The van der Waals surface area contributed by atoms with Gasteiger partial charge >= 0.3 is 0 Å². The third kappa shape index (κ3) is 4.59. The summed E-state index contributed by atoms with van der Waals surface area (Å²) in [6.45, 7) is 2.64. The van der Waals surface area contributed by atoms with E-state index in [-0.39, 0.29) is 18.5 Å². The Morgan fingerprint density at radius 3 is 2.88 bits per heavy atom. The minimum Gasteiger partial charge on any atom is -0.495 e. The van der Waals surface area contributed by atoms with E-state index in [9.17, 15) is 4.79 Å². The Hall–Kier alpha value is -3.50. The topological polar surface area (TPSA) is 87.5 Å². The van der Waals surface area contributed by atoms with Gasteiger partial charge in [-0.3, -0.25) is 9.36 Å². The molecule has 1 N–H and O–H groups in total. The predicted molar refractivity (Wildman–Crippen MR) is 131 cm³/mol. The van der Waals surface area contributed by atoms with Crippen LogP contribution < -0.4 is 19.5 Å². The number of carbonyl (C=O) groups excluding carboxylic acids is 1. The zero-order valence-electron chi connectivity index (χ0n) is 18.6. The Bertz CT molecular complexity index is 1320. The number of nitrogens with zero attached hydrogens (tertiary/aromatic N) is 3. The number of carbonyl (C=O) groups is 1. The van der Waals surface area contributed by atoms with Gasteiger partial charge in [0.2, 0.25) is 12.7 Å². The SMILES string of the molecule is COc1ccc(C)cc1-n1c(SCC(=O)NCc2ccc3c(c2)OCO3)nnc1-c1cccs1. The lowest BCUT2D eigenvalue weighted by Gasteiger charge is -2.14. The first kappa shape index (κ1) is 22.3. The second kappa shape index (κ2) is 9.78. The van der Waals surface area contributed by atoms with Crippen molar-refractivity contribution in [1.82, 2.24) is 20.1 Å². The molecule has 5 rings (SSSR count). The molecule has 0 radical (unpaired) electrons. The molecular weight excluding hydrogens is 472 g/mol. The first-order valence-electron chi connectivity index (χ1n) is 10.5. The number of nitrogens with one attached hydrogen (secondary N) is 1. The minimum atomic E-state index is -0.105. The number of fused-ring (bicyclic) bond motifs is 1. The van der Waals surface area contributed by atoms with Crippen LogP contribution in [0, 0.1) is 6.92 Å². The number of aryl methyl sites for hydroxylation is 1. The van der Waals surface area contributed by atoms with Gasteiger partial charge in [-0.05, 0) is 53.8 Å². The molecule has 1 amide bonds. The van der Waals surface area contributed by atoms with E-state index in [2.05, 4.69) is 15.5 Å². The molecule has 10 heteroatoms. The lowest BCUT2D eigenvalue weighted by atomic mass is 10.2. The van der Waals surface area contributed by atoms with Crippen LogP contribution in [-0.2, 0) is 11.3 Å². The Morgan fingerprint density at radius 2 is 2.06 bits per heavy atom. The molecule has 3 heterocycles. The first-order valence-corrected chi connectivity index (χ1v) is 12.4. The van der Waals surface area contributed by atoms with E-state index in [1.54, 1.807) is 18.4 Å². The molecule has 0 saturated carbocycles. The van der Waals surface area contributed by atoms with Gasteiger partial charge in [0.1, 0.15) is 5.75 Å². The Morgan fingerprint density at radius 1 is 1.18 bits per heavy atom. The fourth-order valence-electron chi connectivity index (χ4n) is 3.55.